The summed E-state index contributed by atoms with van der Waals surface area (Å²) in [6, 6.07) is 0. The maximum atomic E-state index is 11.8. The van der Waals surface area contributed by atoms with Crippen LogP contribution in [0, 0.1) is 23.7 Å². The Bertz CT molecular complexity index is 301. The molecule has 0 heterocycles. The summed E-state index contributed by atoms with van der Waals surface area (Å²) in [5, 5.41) is 10.2. The largest absolute Gasteiger partial charge is 0.389 e. The summed E-state index contributed by atoms with van der Waals surface area (Å²) in [5.74, 6) is 0.0266. The van der Waals surface area contributed by atoms with Gasteiger partial charge in [0.05, 0.1) is 5.60 Å². The lowest BCUT2D eigenvalue weighted by Gasteiger charge is -2.55. The highest BCUT2D eigenvalue weighted by atomic mass is 16.3. The average molecular weight is 194 g/mol. The molecule has 14 heavy (non-hydrogen) atoms. The molecule has 76 valence electrons. The Morgan fingerprint density at radius 3 is 1.93 bits per heavy atom. The number of ketones is 2. The maximum absolute atomic E-state index is 11.8. The summed E-state index contributed by atoms with van der Waals surface area (Å²) >= 11 is 0. The third kappa shape index (κ3) is 0.776. The van der Waals surface area contributed by atoms with Crippen molar-refractivity contribution in [2.24, 2.45) is 23.7 Å². The van der Waals surface area contributed by atoms with Crippen LogP contribution in [0.1, 0.15) is 26.2 Å². The summed E-state index contributed by atoms with van der Waals surface area (Å²) in [6.45, 7) is 1.66. The first-order valence-electron chi connectivity index (χ1n) is 5.31. The first-order chi connectivity index (χ1) is 6.51. The zero-order valence-electron chi connectivity index (χ0n) is 8.19. The summed E-state index contributed by atoms with van der Waals surface area (Å²) < 4.78 is 0. The van der Waals surface area contributed by atoms with Gasteiger partial charge in [0, 0.05) is 23.7 Å². The lowest BCUT2D eigenvalue weighted by Crippen LogP contribution is -2.64. The molecule has 4 bridgehead atoms. The zero-order chi connectivity index (χ0) is 10.1. The van der Waals surface area contributed by atoms with Crippen molar-refractivity contribution in [1.82, 2.24) is 0 Å². The van der Waals surface area contributed by atoms with Crippen LogP contribution < -0.4 is 0 Å². The van der Waals surface area contributed by atoms with Crippen molar-refractivity contribution in [2.45, 2.75) is 31.8 Å². The predicted octanol–water partition coefficient (Wildman–Crippen LogP) is 0.551. The predicted molar refractivity (Wildman–Crippen MR) is 48.4 cm³/mol. The molecule has 0 saturated heterocycles. The van der Waals surface area contributed by atoms with Gasteiger partial charge in [-0.2, -0.15) is 0 Å². The summed E-state index contributed by atoms with van der Waals surface area (Å²) in [6.07, 6.45) is 1.94. The van der Waals surface area contributed by atoms with Crippen molar-refractivity contribution in [1.29, 1.82) is 0 Å². The Hall–Kier alpha value is -0.700. The molecule has 4 aliphatic rings. The number of hydrogen-bond acceptors (Lipinski definition) is 3. The van der Waals surface area contributed by atoms with Gasteiger partial charge in [-0.25, -0.2) is 0 Å². The molecule has 0 spiro atoms. The van der Waals surface area contributed by atoms with Gasteiger partial charge < -0.3 is 5.11 Å². The van der Waals surface area contributed by atoms with E-state index in [0.29, 0.717) is 12.8 Å². The highest BCUT2D eigenvalue weighted by Gasteiger charge is 2.62. The van der Waals surface area contributed by atoms with Crippen molar-refractivity contribution in [3.63, 3.8) is 0 Å². The number of Topliss-reactive ketones (excluding diaryl/α,β-unsaturated/α-hetero) is 2. The van der Waals surface area contributed by atoms with E-state index in [1.807, 2.05) is 0 Å². The fourth-order valence-corrected chi connectivity index (χ4v) is 3.67. The fraction of sp³-hybridized carbons (Fsp3) is 0.818. The standard InChI is InChI=1S/C11H14O3/c1-11(14)7-3-5-2-6(10(7)13)4-8(11)9(5)12/h5-8,14H,2-4H2,1H3/t5-,6-,7-,8-/m0/s1. The van der Waals surface area contributed by atoms with Crippen LogP contribution in [0.5, 0.6) is 0 Å². The van der Waals surface area contributed by atoms with Crippen LogP contribution in [0.4, 0.5) is 0 Å². The van der Waals surface area contributed by atoms with Crippen molar-refractivity contribution in [2.75, 3.05) is 0 Å². The van der Waals surface area contributed by atoms with Crippen LogP contribution in [-0.4, -0.2) is 22.3 Å². The smallest absolute Gasteiger partial charge is 0.141 e. The lowest BCUT2D eigenvalue weighted by molar-refractivity contribution is -0.182. The van der Waals surface area contributed by atoms with Crippen LogP contribution in [-0.2, 0) is 9.59 Å². The fourth-order valence-electron chi connectivity index (χ4n) is 3.67. The number of rotatable bonds is 0. The van der Waals surface area contributed by atoms with E-state index in [0.717, 1.165) is 6.42 Å². The molecule has 4 fully saturated rings. The molecule has 0 aromatic heterocycles. The van der Waals surface area contributed by atoms with E-state index in [1.54, 1.807) is 6.92 Å². The summed E-state index contributed by atoms with van der Waals surface area (Å²) in [5.41, 5.74) is -1.05. The van der Waals surface area contributed by atoms with E-state index in [9.17, 15) is 14.7 Å². The van der Waals surface area contributed by atoms with Gasteiger partial charge in [0.15, 0.2) is 0 Å². The van der Waals surface area contributed by atoms with Crippen molar-refractivity contribution in [3.8, 4) is 0 Å². The molecule has 4 aliphatic carbocycles. The normalized spacial score (nSPS) is 55.6. The number of carbonyl (C=O) groups is 2. The first-order valence-corrected chi connectivity index (χ1v) is 5.31. The second-order valence-corrected chi connectivity index (χ2v) is 5.24. The highest BCUT2D eigenvalue weighted by Crippen LogP contribution is 2.54. The van der Waals surface area contributed by atoms with Crippen LogP contribution in [0.3, 0.4) is 0 Å². The Balaban J connectivity index is 2.09. The number of aliphatic hydroxyl groups is 1. The third-order valence-electron chi connectivity index (χ3n) is 4.51. The molecule has 0 aromatic carbocycles. The Labute approximate surface area is 82.5 Å². The molecule has 4 rings (SSSR count). The third-order valence-corrected chi connectivity index (χ3v) is 4.51. The molecule has 0 aromatic rings. The molecule has 1 N–H and O–H groups in total. The molecule has 0 radical (unpaired) electrons. The van der Waals surface area contributed by atoms with Crippen molar-refractivity contribution >= 4 is 11.6 Å². The van der Waals surface area contributed by atoms with Crippen molar-refractivity contribution in [3.05, 3.63) is 0 Å². The van der Waals surface area contributed by atoms with Crippen LogP contribution in [0.25, 0.3) is 0 Å². The van der Waals surface area contributed by atoms with E-state index in [2.05, 4.69) is 0 Å². The number of carbonyl (C=O) groups excluding carboxylic acids is 2. The van der Waals surface area contributed by atoms with Gasteiger partial charge in [-0.3, -0.25) is 9.59 Å². The second-order valence-electron chi connectivity index (χ2n) is 5.24. The van der Waals surface area contributed by atoms with Crippen LogP contribution in [0.15, 0.2) is 0 Å². The summed E-state index contributed by atoms with van der Waals surface area (Å²) in [7, 11) is 0. The first kappa shape index (κ1) is 8.60. The van der Waals surface area contributed by atoms with Gasteiger partial charge in [0.25, 0.3) is 0 Å². The van der Waals surface area contributed by atoms with E-state index in [-0.39, 0.29) is 35.2 Å². The van der Waals surface area contributed by atoms with E-state index in [4.69, 9.17) is 0 Å². The molecular weight excluding hydrogens is 180 g/mol. The molecular formula is C11H14O3. The van der Waals surface area contributed by atoms with Gasteiger partial charge in [-0.05, 0) is 26.2 Å². The summed E-state index contributed by atoms with van der Waals surface area (Å²) in [4.78, 5) is 23.6. The second kappa shape index (κ2) is 2.27. The molecule has 3 nitrogen and oxygen atoms in total. The minimum Gasteiger partial charge on any atom is -0.389 e. The highest BCUT2D eigenvalue weighted by molar-refractivity contribution is 5.97. The van der Waals surface area contributed by atoms with Gasteiger partial charge in [-0.15, -0.1) is 0 Å². The molecule has 4 atom stereocenters. The quantitative estimate of drug-likeness (QED) is 0.612. The minimum absolute atomic E-state index is 0.0710. The number of hydrogen-bond donors (Lipinski definition) is 1. The SMILES string of the molecule is CC1(O)[C@H]2C[C@@H]3C[C@@H](C[C@H]1C3=O)C2=O. The van der Waals surface area contributed by atoms with E-state index in [1.165, 1.54) is 0 Å². The monoisotopic (exact) mass is 194 g/mol. The van der Waals surface area contributed by atoms with Gasteiger partial charge >= 0.3 is 0 Å². The molecule has 0 unspecified atom stereocenters. The Morgan fingerprint density at radius 2 is 1.50 bits per heavy atom. The zero-order valence-corrected chi connectivity index (χ0v) is 8.19. The molecule has 4 saturated carbocycles. The Kier molecular flexibility index (Phi) is 1.39. The van der Waals surface area contributed by atoms with Gasteiger partial charge in [0.2, 0.25) is 0 Å². The average Bonchev–Trinajstić information content (AvgIpc) is 2.11. The molecule has 0 aliphatic heterocycles. The van der Waals surface area contributed by atoms with E-state index < -0.39 is 5.60 Å². The minimum atomic E-state index is -1.05. The van der Waals surface area contributed by atoms with Crippen LogP contribution >= 0.6 is 0 Å². The topological polar surface area (TPSA) is 54.4 Å². The van der Waals surface area contributed by atoms with E-state index >= 15 is 0 Å². The van der Waals surface area contributed by atoms with Gasteiger partial charge in [-0.1, -0.05) is 0 Å². The molecule has 0 amide bonds. The lowest BCUT2D eigenvalue weighted by atomic mass is 9.49. The maximum Gasteiger partial charge on any atom is 0.141 e. The van der Waals surface area contributed by atoms with Crippen LogP contribution in [0.2, 0.25) is 0 Å². The Morgan fingerprint density at radius 1 is 1.07 bits per heavy atom. The molecule has 3 heteroatoms. The van der Waals surface area contributed by atoms with Crippen molar-refractivity contribution < 1.29 is 14.7 Å². The van der Waals surface area contributed by atoms with Gasteiger partial charge in [0.1, 0.15) is 11.6 Å².